The van der Waals surface area contributed by atoms with Gasteiger partial charge in [-0.15, -0.1) is 13.2 Å². The molecule has 2 rings (SSSR count). The van der Waals surface area contributed by atoms with Gasteiger partial charge in [-0.3, -0.25) is 0 Å². The van der Waals surface area contributed by atoms with Crippen LogP contribution < -0.4 is 15.4 Å². The molecular weight excluding hydrogens is 344 g/mol. The van der Waals surface area contributed by atoms with Crippen LogP contribution in [0.2, 0.25) is 0 Å². The molecule has 0 saturated carbocycles. The highest BCUT2D eigenvalue weighted by Gasteiger charge is 2.30. The van der Waals surface area contributed by atoms with E-state index in [0.29, 0.717) is 0 Å². The van der Waals surface area contributed by atoms with E-state index < -0.39 is 30.1 Å². The summed E-state index contributed by atoms with van der Waals surface area (Å²) in [5.41, 5.74) is 0.254. The zero-order chi connectivity index (χ0) is 18.4. The summed E-state index contributed by atoms with van der Waals surface area (Å²) in [6, 6.07) is 9.39. The third-order valence-electron chi connectivity index (χ3n) is 3.07. The molecule has 9 heteroatoms. The number of halogens is 4. The Labute approximate surface area is 140 Å². The average molecular weight is 358 g/mol. The van der Waals surface area contributed by atoms with Crippen molar-refractivity contribution in [3.8, 4) is 5.75 Å². The molecule has 5 nitrogen and oxygen atoms in total. The van der Waals surface area contributed by atoms with Gasteiger partial charge in [-0.1, -0.05) is 18.2 Å². The van der Waals surface area contributed by atoms with Crippen LogP contribution in [0.25, 0.3) is 0 Å². The van der Waals surface area contributed by atoms with Gasteiger partial charge in [-0.25, -0.2) is 9.18 Å². The Morgan fingerprint density at radius 1 is 1.12 bits per heavy atom. The molecule has 0 aliphatic carbocycles. The number of carbonyl (C=O) groups excluding carboxylic acids is 1. The largest absolute Gasteiger partial charge is 0.573 e. The zero-order valence-corrected chi connectivity index (χ0v) is 12.7. The molecule has 0 spiro atoms. The maximum Gasteiger partial charge on any atom is 0.573 e. The summed E-state index contributed by atoms with van der Waals surface area (Å²) in [7, 11) is 0. The highest BCUT2D eigenvalue weighted by atomic mass is 19.4. The van der Waals surface area contributed by atoms with Crippen molar-refractivity contribution in [1.82, 2.24) is 5.32 Å². The predicted octanol–water partition coefficient (Wildman–Crippen LogP) is 3.58. The highest BCUT2D eigenvalue weighted by molar-refractivity contribution is 5.89. The highest BCUT2D eigenvalue weighted by Crippen LogP contribution is 2.24. The molecule has 2 aromatic carbocycles. The van der Waals surface area contributed by atoms with Crippen LogP contribution in [-0.4, -0.2) is 24.0 Å². The molecule has 25 heavy (non-hydrogen) atoms. The van der Waals surface area contributed by atoms with E-state index in [1.54, 1.807) is 6.07 Å². The second kappa shape index (κ2) is 7.84. The van der Waals surface area contributed by atoms with Crippen molar-refractivity contribution in [3.05, 3.63) is 59.9 Å². The topological polar surface area (TPSA) is 70.6 Å². The number of aliphatic hydroxyl groups is 1. The lowest BCUT2D eigenvalue weighted by atomic mass is 10.1. The predicted molar refractivity (Wildman–Crippen MR) is 81.5 cm³/mol. The van der Waals surface area contributed by atoms with Crippen LogP contribution in [0.15, 0.2) is 48.5 Å². The molecule has 0 aliphatic heterocycles. The second-order valence-corrected chi connectivity index (χ2v) is 4.94. The van der Waals surface area contributed by atoms with E-state index in [4.69, 9.17) is 0 Å². The summed E-state index contributed by atoms with van der Waals surface area (Å²) in [5, 5.41) is 14.5. The van der Waals surface area contributed by atoms with Crippen molar-refractivity contribution < 1.29 is 32.2 Å². The van der Waals surface area contributed by atoms with E-state index in [-0.39, 0.29) is 17.8 Å². The molecule has 0 radical (unpaired) electrons. The fourth-order valence-corrected chi connectivity index (χ4v) is 1.96. The molecule has 0 aliphatic rings. The van der Waals surface area contributed by atoms with Gasteiger partial charge < -0.3 is 20.5 Å². The van der Waals surface area contributed by atoms with Gasteiger partial charge >= 0.3 is 12.4 Å². The standard InChI is InChI=1S/C16H14F4N2O3/c17-13-4-2-1-3-12(13)14(23)9-21-15(24)22-10-5-7-11(8-6-10)25-16(18,19)20/h1-8,14,23H,9H2,(H2,21,22,24). The summed E-state index contributed by atoms with van der Waals surface area (Å²) in [5.74, 6) is -1.02. The maximum absolute atomic E-state index is 13.5. The third kappa shape index (κ3) is 5.96. The van der Waals surface area contributed by atoms with Gasteiger partial charge in [0.25, 0.3) is 0 Å². The number of aliphatic hydroxyl groups excluding tert-OH is 1. The molecule has 1 atom stereocenters. The second-order valence-electron chi connectivity index (χ2n) is 4.94. The van der Waals surface area contributed by atoms with E-state index in [9.17, 15) is 27.5 Å². The third-order valence-corrected chi connectivity index (χ3v) is 3.07. The van der Waals surface area contributed by atoms with Gasteiger partial charge in [0.05, 0.1) is 6.10 Å². The molecule has 0 fully saturated rings. The molecular formula is C16H14F4N2O3. The van der Waals surface area contributed by atoms with Crippen LogP contribution in [0, 0.1) is 5.82 Å². The molecule has 0 bridgehead atoms. The number of amides is 2. The molecule has 0 saturated heterocycles. The Bertz CT molecular complexity index is 720. The summed E-state index contributed by atoms with van der Waals surface area (Å²) in [4.78, 5) is 11.7. The zero-order valence-electron chi connectivity index (χ0n) is 12.7. The number of ether oxygens (including phenoxy) is 1. The number of hydrogen-bond donors (Lipinski definition) is 3. The Hall–Kier alpha value is -2.81. The van der Waals surface area contributed by atoms with Crippen molar-refractivity contribution in [2.24, 2.45) is 0 Å². The van der Waals surface area contributed by atoms with Crippen molar-refractivity contribution >= 4 is 11.7 Å². The van der Waals surface area contributed by atoms with E-state index in [1.807, 2.05) is 0 Å². The van der Waals surface area contributed by atoms with Crippen LogP contribution in [0.3, 0.4) is 0 Å². The van der Waals surface area contributed by atoms with E-state index in [0.717, 1.165) is 12.1 Å². The van der Waals surface area contributed by atoms with Crippen molar-refractivity contribution in [1.29, 1.82) is 0 Å². The lowest BCUT2D eigenvalue weighted by molar-refractivity contribution is -0.274. The minimum absolute atomic E-state index is 0.0384. The minimum Gasteiger partial charge on any atom is -0.406 e. The van der Waals surface area contributed by atoms with Crippen molar-refractivity contribution in [2.45, 2.75) is 12.5 Å². The molecule has 1 unspecified atom stereocenters. The maximum atomic E-state index is 13.5. The first-order chi connectivity index (χ1) is 11.7. The molecule has 3 N–H and O–H groups in total. The van der Waals surface area contributed by atoms with Crippen LogP contribution in [0.5, 0.6) is 5.75 Å². The monoisotopic (exact) mass is 358 g/mol. The quantitative estimate of drug-likeness (QED) is 0.716. The minimum atomic E-state index is -4.80. The summed E-state index contributed by atoms with van der Waals surface area (Å²) in [6.45, 7) is -0.248. The lowest BCUT2D eigenvalue weighted by Gasteiger charge is -2.14. The fraction of sp³-hybridized carbons (Fsp3) is 0.188. The van der Waals surface area contributed by atoms with Crippen LogP contribution in [0.1, 0.15) is 11.7 Å². The first-order valence-electron chi connectivity index (χ1n) is 7.08. The van der Waals surface area contributed by atoms with Crippen LogP contribution >= 0.6 is 0 Å². The van der Waals surface area contributed by atoms with Gasteiger partial charge in [0.15, 0.2) is 0 Å². The first kappa shape index (κ1) is 18.5. The Morgan fingerprint density at radius 3 is 2.36 bits per heavy atom. The summed E-state index contributed by atoms with van der Waals surface area (Å²) < 4.78 is 53.3. The number of carbonyl (C=O) groups is 1. The molecule has 134 valence electrons. The number of alkyl halides is 3. The van der Waals surface area contributed by atoms with Gasteiger partial charge in [0.1, 0.15) is 11.6 Å². The Kier molecular flexibility index (Phi) is 5.81. The number of benzene rings is 2. The molecule has 0 aromatic heterocycles. The Morgan fingerprint density at radius 2 is 1.76 bits per heavy atom. The van der Waals surface area contributed by atoms with E-state index >= 15 is 0 Å². The van der Waals surface area contributed by atoms with Crippen LogP contribution in [-0.2, 0) is 0 Å². The Balaban J connectivity index is 1.85. The van der Waals surface area contributed by atoms with E-state index in [1.165, 1.54) is 30.3 Å². The SMILES string of the molecule is O=C(NCC(O)c1ccccc1F)Nc1ccc(OC(F)(F)F)cc1. The number of rotatable bonds is 5. The molecule has 0 heterocycles. The summed E-state index contributed by atoms with van der Waals surface area (Å²) >= 11 is 0. The smallest absolute Gasteiger partial charge is 0.406 e. The molecule has 2 aromatic rings. The van der Waals surface area contributed by atoms with Gasteiger partial charge in [0.2, 0.25) is 0 Å². The fourth-order valence-electron chi connectivity index (χ4n) is 1.96. The van der Waals surface area contributed by atoms with Gasteiger partial charge in [-0.2, -0.15) is 0 Å². The van der Waals surface area contributed by atoms with Gasteiger partial charge in [0, 0.05) is 17.8 Å². The van der Waals surface area contributed by atoms with Crippen LogP contribution in [0.4, 0.5) is 28.0 Å². The van der Waals surface area contributed by atoms with Crippen molar-refractivity contribution in [3.63, 3.8) is 0 Å². The average Bonchev–Trinajstić information content (AvgIpc) is 2.53. The number of nitrogens with one attached hydrogen (secondary N) is 2. The summed E-state index contributed by atoms with van der Waals surface area (Å²) in [6.07, 6.45) is -6.04. The van der Waals surface area contributed by atoms with Crippen molar-refractivity contribution in [2.75, 3.05) is 11.9 Å². The van der Waals surface area contributed by atoms with E-state index in [2.05, 4.69) is 15.4 Å². The number of anilines is 1. The number of hydrogen-bond acceptors (Lipinski definition) is 3. The first-order valence-corrected chi connectivity index (χ1v) is 7.08. The van der Waals surface area contributed by atoms with Gasteiger partial charge in [-0.05, 0) is 30.3 Å². The molecule has 2 amide bonds. The lowest BCUT2D eigenvalue weighted by Crippen LogP contribution is -2.32. The number of urea groups is 1. The normalized spacial score (nSPS) is 12.4.